The second-order valence-corrected chi connectivity index (χ2v) is 9.55. The van der Waals surface area contributed by atoms with Crippen LogP contribution in [0.4, 0.5) is 5.69 Å². The van der Waals surface area contributed by atoms with E-state index in [9.17, 15) is 0 Å². The monoisotopic (exact) mass is 432 g/mol. The van der Waals surface area contributed by atoms with E-state index < -0.39 is 0 Å². The molecule has 2 aliphatic heterocycles. The maximum atomic E-state index is 5.81. The Balaban J connectivity index is 1.23. The third kappa shape index (κ3) is 5.29. The fourth-order valence-electron chi connectivity index (χ4n) is 5.58. The van der Waals surface area contributed by atoms with Crippen molar-refractivity contribution in [2.45, 2.75) is 44.4 Å². The highest BCUT2D eigenvalue weighted by Crippen LogP contribution is 2.35. The first-order valence-corrected chi connectivity index (χ1v) is 12.4. The van der Waals surface area contributed by atoms with Gasteiger partial charge in [0.2, 0.25) is 6.79 Å². The third-order valence-corrected chi connectivity index (χ3v) is 7.35. The van der Waals surface area contributed by atoms with Gasteiger partial charge in [-0.15, -0.1) is 0 Å². The van der Waals surface area contributed by atoms with Crippen LogP contribution in [0, 0.1) is 5.92 Å². The second-order valence-electron chi connectivity index (χ2n) is 9.55. The minimum absolute atomic E-state index is 0.331. The van der Waals surface area contributed by atoms with Gasteiger partial charge in [0.15, 0.2) is 0 Å². The van der Waals surface area contributed by atoms with Gasteiger partial charge in [-0.25, -0.2) is 0 Å². The van der Waals surface area contributed by atoms with Crippen LogP contribution >= 0.6 is 0 Å². The van der Waals surface area contributed by atoms with Crippen molar-refractivity contribution in [2.75, 3.05) is 44.4 Å². The molecule has 1 unspecified atom stereocenters. The predicted molar refractivity (Wildman–Crippen MR) is 130 cm³/mol. The molecule has 0 amide bonds. The standard InChI is InChI=1S/C28H36N2O2/c1-2-8-23(9-3-1)18-26(28-21-31-22-32-28)20-29-14-7-15-30(17-16-29)27-13-6-12-25(19-27)24-10-4-5-11-24/h1-3,6,8-9,12-13,19,21,24,26H,4-5,7,10-11,14-18,20,22H2. The molecule has 0 bridgehead atoms. The van der Waals surface area contributed by atoms with Crippen molar-refractivity contribution in [2.24, 2.45) is 5.92 Å². The van der Waals surface area contributed by atoms with Gasteiger partial charge in [-0.3, -0.25) is 0 Å². The fraction of sp³-hybridized carbons (Fsp3) is 0.500. The summed E-state index contributed by atoms with van der Waals surface area (Å²) < 4.78 is 11.2. The lowest BCUT2D eigenvalue weighted by Gasteiger charge is -2.27. The minimum atomic E-state index is 0.331. The number of benzene rings is 2. The van der Waals surface area contributed by atoms with Gasteiger partial charge in [0.1, 0.15) is 12.0 Å². The van der Waals surface area contributed by atoms with Crippen molar-refractivity contribution < 1.29 is 9.47 Å². The predicted octanol–water partition coefficient (Wildman–Crippen LogP) is 5.56. The molecule has 2 aromatic rings. The van der Waals surface area contributed by atoms with Gasteiger partial charge in [-0.05, 0) is 61.4 Å². The molecule has 2 aromatic carbocycles. The van der Waals surface area contributed by atoms with Crippen LogP contribution in [-0.2, 0) is 15.9 Å². The first-order valence-electron chi connectivity index (χ1n) is 12.4. The third-order valence-electron chi connectivity index (χ3n) is 7.35. The molecule has 1 saturated heterocycles. The highest BCUT2D eigenvalue weighted by Gasteiger charge is 2.25. The molecule has 1 saturated carbocycles. The number of rotatable bonds is 7. The Hall–Kier alpha value is -2.46. The molecule has 5 rings (SSSR count). The Labute approximate surface area is 192 Å². The average Bonchev–Trinajstić information content (AvgIpc) is 3.52. The summed E-state index contributed by atoms with van der Waals surface area (Å²) in [6, 6.07) is 20.1. The summed E-state index contributed by atoms with van der Waals surface area (Å²) in [5.41, 5.74) is 4.32. The Bertz CT molecular complexity index is 891. The van der Waals surface area contributed by atoms with E-state index in [1.54, 1.807) is 5.56 Å². The molecule has 2 fully saturated rings. The molecular weight excluding hydrogens is 396 g/mol. The van der Waals surface area contributed by atoms with Crippen molar-refractivity contribution >= 4 is 5.69 Å². The van der Waals surface area contributed by atoms with Crippen LogP contribution in [0.5, 0.6) is 0 Å². The summed E-state index contributed by atoms with van der Waals surface area (Å²) in [5.74, 6) is 2.11. The molecule has 0 spiro atoms. The van der Waals surface area contributed by atoms with Gasteiger partial charge in [0.25, 0.3) is 0 Å². The van der Waals surface area contributed by atoms with Crippen LogP contribution in [0.1, 0.15) is 49.1 Å². The molecule has 170 valence electrons. The zero-order valence-electron chi connectivity index (χ0n) is 19.1. The molecule has 3 aliphatic rings. The molecule has 1 aliphatic carbocycles. The van der Waals surface area contributed by atoms with E-state index in [2.05, 4.69) is 64.4 Å². The van der Waals surface area contributed by atoms with E-state index in [1.807, 2.05) is 6.26 Å². The van der Waals surface area contributed by atoms with Crippen LogP contribution in [0.2, 0.25) is 0 Å². The summed E-state index contributed by atoms with van der Waals surface area (Å²) in [7, 11) is 0. The van der Waals surface area contributed by atoms with Crippen molar-refractivity contribution in [3.63, 3.8) is 0 Å². The maximum Gasteiger partial charge on any atom is 0.229 e. The number of hydrogen-bond donors (Lipinski definition) is 0. The smallest absolute Gasteiger partial charge is 0.229 e. The largest absolute Gasteiger partial charge is 0.462 e. The summed E-state index contributed by atoms with van der Waals surface area (Å²) in [6.45, 7) is 5.82. The van der Waals surface area contributed by atoms with Crippen molar-refractivity contribution in [3.05, 3.63) is 77.7 Å². The average molecular weight is 433 g/mol. The lowest BCUT2D eigenvalue weighted by atomic mass is 9.97. The molecular formula is C28H36N2O2. The van der Waals surface area contributed by atoms with E-state index >= 15 is 0 Å². The minimum Gasteiger partial charge on any atom is -0.462 e. The summed E-state index contributed by atoms with van der Waals surface area (Å²) in [4.78, 5) is 5.22. The maximum absolute atomic E-state index is 5.81. The molecule has 32 heavy (non-hydrogen) atoms. The number of ether oxygens (including phenoxy) is 2. The zero-order chi connectivity index (χ0) is 21.6. The van der Waals surface area contributed by atoms with Crippen molar-refractivity contribution in [1.29, 1.82) is 0 Å². The summed E-state index contributed by atoms with van der Waals surface area (Å²) >= 11 is 0. The topological polar surface area (TPSA) is 24.9 Å². The molecule has 4 nitrogen and oxygen atoms in total. The fourth-order valence-corrected chi connectivity index (χ4v) is 5.58. The van der Waals surface area contributed by atoms with Gasteiger partial charge in [0.05, 0.1) is 0 Å². The first kappa shape index (κ1) is 21.4. The van der Waals surface area contributed by atoms with Gasteiger partial charge in [-0.2, -0.15) is 0 Å². The summed E-state index contributed by atoms with van der Waals surface area (Å²) in [5, 5.41) is 0. The number of hydrogen-bond acceptors (Lipinski definition) is 4. The normalized spacial score (nSPS) is 21.0. The Kier molecular flexibility index (Phi) is 6.98. The quantitative estimate of drug-likeness (QED) is 0.572. The number of anilines is 1. The summed E-state index contributed by atoms with van der Waals surface area (Å²) in [6.07, 6.45) is 9.52. The van der Waals surface area contributed by atoms with Crippen molar-refractivity contribution in [3.8, 4) is 0 Å². The Morgan fingerprint density at radius 3 is 2.56 bits per heavy atom. The van der Waals surface area contributed by atoms with Crippen molar-refractivity contribution in [1.82, 2.24) is 4.90 Å². The lowest BCUT2D eigenvalue weighted by molar-refractivity contribution is 0.0664. The van der Waals surface area contributed by atoms with Gasteiger partial charge in [0, 0.05) is 37.8 Å². The molecule has 2 heterocycles. The lowest BCUT2D eigenvalue weighted by Crippen LogP contribution is -2.35. The van der Waals surface area contributed by atoms with E-state index in [-0.39, 0.29) is 0 Å². The molecule has 1 atom stereocenters. The Morgan fingerprint density at radius 2 is 1.75 bits per heavy atom. The highest BCUT2D eigenvalue weighted by atomic mass is 16.7. The first-order chi connectivity index (χ1) is 15.8. The van der Waals surface area contributed by atoms with Gasteiger partial charge in [-0.1, -0.05) is 55.3 Å². The Morgan fingerprint density at radius 1 is 0.875 bits per heavy atom. The van der Waals surface area contributed by atoms with Crippen LogP contribution in [0.25, 0.3) is 0 Å². The highest BCUT2D eigenvalue weighted by molar-refractivity contribution is 5.49. The zero-order valence-corrected chi connectivity index (χ0v) is 19.1. The van der Waals surface area contributed by atoms with E-state index in [4.69, 9.17) is 9.47 Å². The molecule has 0 radical (unpaired) electrons. The van der Waals surface area contributed by atoms with Crippen LogP contribution in [-0.4, -0.2) is 44.4 Å². The van der Waals surface area contributed by atoms with E-state index in [1.165, 1.54) is 43.4 Å². The van der Waals surface area contributed by atoms with E-state index in [0.29, 0.717) is 12.7 Å². The van der Waals surface area contributed by atoms with Gasteiger partial charge >= 0.3 is 0 Å². The number of nitrogens with zero attached hydrogens (tertiary/aromatic N) is 2. The SMILES string of the molecule is C1=C(C(Cc2ccccc2)CN2CCCN(c3cccc(C4CCCC4)c3)CC2)OCO1. The van der Waals surface area contributed by atoms with Gasteiger partial charge < -0.3 is 19.3 Å². The second kappa shape index (κ2) is 10.4. The molecule has 4 heteroatoms. The molecule has 0 N–H and O–H groups in total. The van der Waals surface area contributed by atoms with Crippen LogP contribution in [0.15, 0.2) is 66.6 Å². The van der Waals surface area contributed by atoms with Crippen LogP contribution < -0.4 is 4.90 Å². The van der Waals surface area contributed by atoms with E-state index in [0.717, 1.165) is 50.8 Å². The molecule has 0 aromatic heterocycles. The van der Waals surface area contributed by atoms with Crippen LogP contribution in [0.3, 0.4) is 0 Å².